The number of aromatic nitrogens is 2. The van der Waals surface area contributed by atoms with Gasteiger partial charge in [-0.2, -0.15) is 0 Å². The third-order valence-electron chi connectivity index (χ3n) is 3.80. The number of benzene rings is 1. The second-order valence-electron chi connectivity index (χ2n) is 5.70. The van der Waals surface area contributed by atoms with E-state index in [1.807, 2.05) is 6.92 Å². The lowest BCUT2D eigenvalue weighted by atomic mass is 10.1. The lowest BCUT2D eigenvalue weighted by molar-refractivity contribution is 0.578. The van der Waals surface area contributed by atoms with E-state index in [4.69, 9.17) is 4.98 Å². The van der Waals surface area contributed by atoms with Gasteiger partial charge in [0.05, 0.1) is 5.69 Å². The van der Waals surface area contributed by atoms with Crippen LogP contribution in [0.1, 0.15) is 22.5 Å². The smallest absolute Gasteiger partial charge is 0.225 e. The maximum Gasteiger partial charge on any atom is 0.225 e. The maximum absolute atomic E-state index is 4.76. The Hall–Kier alpha value is -1.94. The molecule has 0 saturated carbocycles. The first-order valence-electron chi connectivity index (χ1n) is 7.56. The Labute approximate surface area is 126 Å². The first-order valence-corrected chi connectivity index (χ1v) is 7.56. The highest BCUT2D eigenvalue weighted by molar-refractivity contribution is 5.35. The summed E-state index contributed by atoms with van der Waals surface area (Å²) in [6, 6.07) is 10.8. The first kappa shape index (κ1) is 14.0. The van der Waals surface area contributed by atoms with Crippen molar-refractivity contribution in [3.63, 3.8) is 0 Å². The van der Waals surface area contributed by atoms with E-state index in [2.05, 4.69) is 52.5 Å². The molecule has 21 heavy (non-hydrogen) atoms. The van der Waals surface area contributed by atoms with Gasteiger partial charge in [-0.05, 0) is 25.5 Å². The minimum Gasteiger partial charge on any atom is -0.338 e. The molecule has 1 aliphatic heterocycles. The van der Waals surface area contributed by atoms with E-state index in [-0.39, 0.29) is 0 Å². The van der Waals surface area contributed by atoms with Gasteiger partial charge < -0.3 is 10.2 Å². The second kappa shape index (κ2) is 6.22. The highest BCUT2D eigenvalue weighted by atomic mass is 15.3. The lowest BCUT2D eigenvalue weighted by Gasteiger charge is -2.27. The van der Waals surface area contributed by atoms with E-state index in [1.54, 1.807) is 0 Å². The van der Waals surface area contributed by atoms with Crippen LogP contribution in [0.2, 0.25) is 0 Å². The van der Waals surface area contributed by atoms with Gasteiger partial charge in [-0.1, -0.05) is 29.8 Å². The summed E-state index contributed by atoms with van der Waals surface area (Å²) in [6.45, 7) is 8.13. The predicted octanol–water partition coefficient (Wildman–Crippen LogP) is 2.09. The van der Waals surface area contributed by atoms with Crippen LogP contribution >= 0.6 is 0 Å². The topological polar surface area (TPSA) is 41.1 Å². The van der Waals surface area contributed by atoms with E-state index >= 15 is 0 Å². The second-order valence-corrected chi connectivity index (χ2v) is 5.70. The van der Waals surface area contributed by atoms with E-state index in [9.17, 15) is 0 Å². The van der Waals surface area contributed by atoms with Gasteiger partial charge in [0.1, 0.15) is 0 Å². The fourth-order valence-corrected chi connectivity index (χ4v) is 2.63. The molecule has 2 aromatic rings. The molecule has 2 heterocycles. The summed E-state index contributed by atoms with van der Waals surface area (Å²) in [6.07, 6.45) is 0.864. The molecule has 0 amide bonds. The Morgan fingerprint density at radius 2 is 1.76 bits per heavy atom. The van der Waals surface area contributed by atoms with Gasteiger partial charge >= 0.3 is 0 Å². The molecule has 1 aromatic heterocycles. The fraction of sp³-hybridized carbons (Fsp3) is 0.412. The number of hydrogen-bond acceptors (Lipinski definition) is 4. The zero-order valence-corrected chi connectivity index (χ0v) is 12.8. The summed E-state index contributed by atoms with van der Waals surface area (Å²) >= 11 is 0. The fourth-order valence-electron chi connectivity index (χ4n) is 2.63. The summed E-state index contributed by atoms with van der Waals surface area (Å²) in [5.41, 5.74) is 4.73. The van der Waals surface area contributed by atoms with Crippen LogP contribution in [0, 0.1) is 13.8 Å². The molecular formula is C17H22N4. The molecule has 0 spiro atoms. The van der Waals surface area contributed by atoms with Crippen molar-refractivity contribution < 1.29 is 0 Å². The number of piperazine rings is 1. The van der Waals surface area contributed by atoms with Crippen LogP contribution in [-0.2, 0) is 6.42 Å². The van der Waals surface area contributed by atoms with Crippen LogP contribution in [0.5, 0.6) is 0 Å². The highest BCUT2D eigenvalue weighted by Gasteiger charge is 2.14. The van der Waals surface area contributed by atoms with Gasteiger partial charge in [0.15, 0.2) is 0 Å². The third kappa shape index (κ3) is 3.58. The molecule has 0 bridgehead atoms. The normalized spacial score (nSPS) is 15.2. The van der Waals surface area contributed by atoms with Crippen LogP contribution in [0.15, 0.2) is 30.3 Å². The number of nitrogens with zero attached hydrogens (tertiary/aromatic N) is 3. The van der Waals surface area contributed by atoms with Crippen LogP contribution in [0.25, 0.3) is 0 Å². The standard InChI is InChI=1S/C17H22N4/c1-13-3-5-15(6-4-13)12-16-11-14(2)19-17(20-16)21-9-7-18-8-10-21/h3-6,11,18H,7-10,12H2,1-2H3. The molecule has 1 aliphatic rings. The van der Waals surface area contributed by atoms with E-state index in [0.29, 0.717) is 0 Å². The molecule has 1 N–H and O–H groups in total. The van der Waals surface area contributed by atoms with Crippen LogP contribution in [0.3, 0.4) is 0 Å². The molecule has 0 radical (unpaired) electrons. The molecule has 4 nitrogen and oxygen atoms in total. The molecule has 0 aliphatic carbocycles. The minimum absolute atomic E-state index is 0.864. The van der Waals surface area contributed by atoms with Gasteiger partial charge in [-0.25, -0.2) is 9.97 Å². The third-order valence-corrected chi connectivity index (χ3v) is 3.80. The van der Waals surface area contributed by atoms with Gasteiger partial charge in [-0.15, -0.1) is 0 Å². The summed E-state index contributed by atoms with van der Waals surface area (Å²) in [5.74, 6) is 0.874. The minimum atomic E-state index is 0.864. The van der Waals surface area contributed by atoms with Crippen molar-refractivity contribution in [3.8, 4) is 0 Å². The number of anilines is 1. The van der Waals surface area contributed by atoms with Crippen molar-refractivity contribution in [2.24, 2.45) is 0 Å². The summed E-state index contributed by atoms with van der Waals surface area (Å²) in [7, 11) is 0. The average molecular weight is 282 g/mol. The molecular weight excluding hydrogens is 260 g/mol. The number of hydrogen-bond donors (Lipinski definition) is 1. The van der Waals surface area contributed by atoms with Crippen molar-refractivity contribution in [1.82, 2.24) is 15.3 Å². The number of aryl methyl sites for hydroxylation is 2. The number of rotatable bonds is 3. The Morgan fingerprint density at radius 3 is 2.48 bits per heavy atom. The van der Waals surface area contributed by atoms with Crippen molar-refractivity contribution in [1.29, 1.82) is 0 Å². The quantitative estimate of drug-likeness (QED) is 0.936. The van der Waals surface area contributed by atoms with E-state index in [1.165, 1.54) is 11.1 Å². The van der Waals surface area contributed by atoms with Crippen LogP contribution < -0.4 is 10.2 Å². The van der Waals surface area contributed by atoms with E-state index in [0.717, 1.165) is 49.9 Å². The van der Waals surface area contributed by atoms with Crippen LogP contribution in [0.4, 0.5) is 5.95 Å². The van der Waals surface area contributed by atoms with Gasteiger partial charge in [0.25, 0.3) is 0 Å². The Morgan fingerprint density at radius 1 is 1.05 bits per heavy atom. The number of nitrogens with one attached hydrogen (secondary N) is 1. The molecule has 0 unspecified atom stereocenters. The largest absolute Gasteiger partial charge is 0.338 e. The monoisotopic (exact) mass is 282 g/mol. The lowest BCUT2D eigenvalue weighted by Crippen LogP contribution is -2.44. The summed E-state index contributed by atoms with van der Waals surface area (Å²) in [5, 5.41) is 3.36. The molecule has 1 aromatic carbocycles. The molecule has 4 heteroatoms. The molecule has 0 atom stereocenters. The van der Waals surface area contributed by atoms with Crippen molar-refractivity contribution in [2.75, 3.05) is 31.1 Å². The summed E-state index contributed by atoms with van der Waals surface area (Å²) < 4.78 is 0. The molecule has 3 rings (SSSR count). The zero-order valence-electron chi connectivity index (χ0n) is 12.8. The van der Waals surface area contributed by atoms with Crippen molar-refractivity contribution in [2.45, 2.75) is 20.3 Å². The Bertz CT molecular complexity index is 601. The molecule has 1 fully saturated rings. The molecule has 110 valence electrons. The first-order chi connectivity index (χ1) is 10.2. The van der Waals surface area contributed by atoms with Gasteiger partial charge in [-0.3, -0.25) is 0 Å². The van der Waals surface area contributed by atoms with Gasteiger partial charge in [0, 0.05) is 38.3 Å². The summed E-state index contributed by atoms with van der Waals surface area (Å²) in [4.78, 5) is 11.6. The van der Waals surface area contributed by atoms with Gasteiger partial charge in [0.2, 0.25) is 5.95 Å². The SMILES string of the molecule is Cc1ccc(Cc2cc(C)nc(N3CCNCC3)n2)cc1. The Balaban J connectivity index is 1.81. The van der Waals surface area contributed by atoms with Crippen molar-refractivity contribution >= 4 is 5.95 Å². The zero-order chi connectivity index (χ0) is 14.7. The molecule has 1 saturated heterocycles. The van der Waals surface area contributed by atoms with Crippen molar-refractivity contribution in [3.05, 3.63) is 52.8 Å². The predicted molar refractivity (Wildman–Crippen MR) is 85.8 cm³/mol. The van der Waals surface area contributed by atoms with Crippen LogP contribution in [-0.4, -0.2) is 36.1 Å². The average Bonchev–Trinajstić information content (AvgIpc) is 2.50. The highest BCUT2D eigenvalue weighted by Crippen LogP contribution is 2.14. The Kier molecular flexibility index (Phi) is 4.15. The van der Waals surface area contributed by atoms with E-state index < -0.39 is 0 Å². The maximum atomic E-state index is 4.76.